The maximum Gasteiger partial charge on any atom is 0.292 e. The van der Waals surface area contributed by atoms with E-state index in [1.807, 2.05) is 57.1 Å². The fourth-order valence-electron chi connectivity index (χ4n) is 3.12. The van der Waals surface area contributed by atoms with Gasteiger partial charge in [0.2, 0.25) is 0 Å². The molecular weight excluding hydrogens is 378 g/mol. The monoisotopic (exact) mass is 405 g/mol. The Morgan fingerprint density at radius 3 is 2.40 bits per heavy atom. The number of hydrazone groups is 1. The molecule has 0 unspecified atom stereocenters. The predicted molar refractivity (Wildman–Crippen MR) is 121 cm³/mol. The van der Waals surface area contributed by atoms with Crippen molar-refractivity contribution >= 4 is 28.1 Å². The van der Waals surface area contributed by atoms with E-state index in [0.29, 0.717) is 23.0 Å². The fraction of sp³-hybridized carbons (Fsp3) is 0.304. The number of nitrogens with one attached hydrogen (secondary N) is 1. The van der Waals surface area contributed by atoms with Gasteiger partial charge in [-0.25, -0.2) is 10.1 Å². The Balaban J connectivity index is 1.89. The molecule has 156 valence electrons. The number of fused-ring (bicyclic) bond motifs is 1. The maximum absolute atomic E-state index is 12.9. The number of anilines is 1. The summed E-state index contributed by atoms with van der Waals surface area (Å²) in [5, 5.41) is 9.58. The van der Waals surface area contributed by atoms with E-state index >= 15 is 0 Å². The summed E-state index contributed by atoms with van der Waals surface area (Å²) >= 11 is 0. The molecule has 2 aromatic carbocycles. The molecule has 3 aromatic rings. The Hall–Kier alpha value is -3.48. The zero-order chi connectivity index (χ0) is 21.7. The topological polar surface area (TPSA) is 79.6 Å². The van der Waals surface area contributed by atoms with Gasteiger partial charge in [0.1, 0.15) is 0 Å². The van der Waals surface area contributed by atoms with Crippen LogP contribution in [0.15, 0.2) is 58.4 Å². The highest BCUT2D eigenvalue weighted by atomic mass is 16.2. The Kier molecular flexibility index (Phi) is 6.61. The molecule has 0 aliphatic carbocycles. The van der Waals surface area contributed by atoms with E-state index in [2.05, 4.69) is 15.6 Å². The summed E-state index contributed by atoms with van der Waals surface area (Å²) in [5.41, 5.74) is 5.27. The number of aromatic nitrogens is 2. The summed E-state index contributed by atoms with van der Waals surface area (Å²) in [4.78, 5) is 27.6. The van der Waals surface area contributed by atoms with Crippen molar-refractivity contribution in [2.75, 3.05) is 19.0 Å². The van der Waals surface area contributed by atoms with Crippen molar-refractivity contribution in [1.82, 2.24) is 15.2 Å². The number of benzene rings is 2. The third-order valence-corrected chi connectivity index (χ3v) is 4.93. The van der Waals surface area contributed by atoms with Crippen LogP contribution in [-0.2, 0) is 6.54 Å². The number of hydrogen-bond donors (Lipinski definition) is 1. The lowest BCUT2D eigenvalue weighted by atomic mass is 10.1. The highest BCUT2D eigenvalue weighted by molar-refractivity contribution is 6.06. The van der Waals surface area contributed by atoms with E-state index in [0.717, 1.165) is 24.1 Å². The van der Waals surface area contributed by atoms with Crippen LogP contribution in [0.1, 0.15) is 42.7 Å². The van der Waals surface area contributed by atoms with Gasteiger partial charge in [-0.15, -0.1) is 0 Å². The number of carbonyl (C=O) groups is 1. The normalized spacial score (nSPS) is 11.5. The summed E-state index contributed by atoms with van der Waals surface area (Å²) in [6, 6.07) is 14.9. The van der Waals surface area contributed by atoms with E-state index in [9.17, 15) is 9.59 Å². The Morgan fingerprint density at radius 1 is 1.10 bits per heavy atom. The highest BCUT2D eigenvalue weighted by Crippen LogP contribution is 2.15. The summed E-state index contributed by atoms with van der Waals surface area (Å²) in [7, 11) is 3.96. The Bertz CT molecular complexity index is 1130. The molecule has 0 aliphatic rings. The zero-order valence-corrected chi connectivity index (χ0v) is 17.8. The first-order valence-electron chi connectivity index (χ1n) is 10.0. The van der Waals surface area contributed by atoms with E-state index in [4.69, 9.17) is 0 Å². The van der Waals surface area contributed by atoms with Crippen molar-refractivity contribution in [1.29, 1.82) is 0 Å². The lowest BCUT2D eigenvalue weighted by Gasteiger charge is -2.12. The van der Waals surface area contributed by atoms with Crippen LogP contribution in [0.5, 0.6) is 0 Å². The fourth-order valence-corrected chi connectivity index (χ4v) is 3.12. The smallest absolute Gasteiger partial charge is 0.292 e. The van der Waals surface area contributed by atoms with Gasteiger partial charge in [0.15, 0.2) is 5.69 Å². The zero-order valence-electron chi connectivity index (χ0n) is 17.8. The molecule has 1 aromatic heterocycles. The standard InChI is InChI=1S/C23H27N5O2/c1-5-6-15-28-23(30)20-10-8-7-9-19(20)21(26-28)22(29)25-24-16(2)17-11-13-18(14-12-17)27(3)4/h7-14H,5-6,15H2,1-4H3,(H,25,29)/b24-16-. The molecule has 0 bridgehead atoms. The van der Waals surface area contributed by atoms with Gasteiger partial charge in [0, 0.05) is 31.7 Å². The van der Waals surface area contributed by atoms with E-state index in [1.54, 1.807) is 24.3 Å². The highest BCUT2D eigenvalue weighted by Gasteiger charge is 2.16. The lowest BCUT2D eigenvalue weighted by molar-refractivity contribution is 0.0949. The van der Waals surface area contributed by atoms with Crippen molar-refractivity contribution in [2.24, 2.45) is 5.10 Å². The Labute approximate surface area is 176 Å². The average Bonchev–Trinajstić information content (AvgIpc) is 2.77. The number of nitrogens with zero attached hydrogens (tertiary/aromatic N) is 4. The minimum absolute atomic E-state index is 0.184. The summed E-state index contributed by atoms with van der Waals surface area (Å²) in [5.74, 6) is -0.444. The number of carbonyl (C=O) groups excluding carboxylic acids is 1. The summed E-state index contributed by atoms with van der Waals surface area (Å²) < 4.78 is 1.37. The Morgan fingerprint density at radius 2 is 1.77 bits per heavy atom. The molecule has 1 amide bonds. The summed E-state index contributed by atoms with van der Waals surface area (Å²) in [6.45, 7) is 4.35. The molecule has 0 atom stereocenters. The third kappa shape index (κ3) is 4.56. The van der Waals surface area contributed by atoms with Crippen molar-refractivity contribution in [3.05, 3.63) is 70.1 Å². The quantitative estimate of drug-likeness (QED) is 0.483. The average molecular weight is 406 g/mol. The van der Waals surface area contributed by atoms with Gasteiger partial charge in [0.05, 0.1) is 11.1 Å². The molecule has 1 N–H and O–H groups in total. The molecular formula is C23H27N5O2. The van der Waals surface area contributed by atoms with Crippen LogP contribution < -0.4 is 15.9 Å². The van der Waals surface area contributed by atoms with Crippen LogP contribution in [0.25, 0.3) is 10.8 Å². The first kappa shape index (κ1) is 21.2. The first-order valence-corrected chi connectivity index (χ1v) is 10.0. The van der Waals surface area contributed by atoms with Crippen LogP contribution in [-0.4, -0.2) is 35.5 Å². The van der Waals surface area contributed by atoms with Crippen LogP contribution in [0, 0.1) is 0 Å². The first-order chi connectivity index (χ1) is 14.4. The van der Waals surface area contributed by atoms with Gasteiger partial charge in [-0.1, -0.05) is 43.7 Å². The van der Waals surface area contributed by atoms with Crippen LogP contribution in [0.4, 0.5) is 5.69 Å². The molecule has 7 nitrogen and oxygen atoms in total. The number of unbranched alkanes of at least 4 members (excludes halogenated alkanes) is 1. The second-order valence-electron chi connectivity index (χ2n) is 7.36. The molecule has 0 saturated carbocycles. The molecule has 3 rings (SSSR count). The molecule has 0 spiro atoms. The number of hydrogen-bond acceptors (Lipinski definition) is 5. The second-order valence-corrected chi connectivity index (χ2v) is 7.36. The molecule has 1 heterocycles. The SMILES string of the molecule is CCCCn1nc(C(=O)N/N=C(/C)c2ccc(N(C)C)cc2)c2ccccc2c1=O. The van der Waals surface area contributed by atoms with E-state index in [1.165, 1.54) is 4.68 Å². The molecule has 0 fully saturated rings. The van der Waals surface area contributed by atoms with Gasteiger partial charge in [-0.2, -0.15) is 10.2 Å². The van der Waals surface area contributed by atoms with Crippen molar-refractivity contribution in [2.45, 2.75) is 33.2 Å². The van der Waals surface area contributed by atoms with E-state index in [-0.39, 0.29) is 11.3 Å². The van der Waals surface area contributed by atoms with Gasteiger partial charge in [0.25, 0.3) is 11.5 Å². The molecule has 0 saturated heterocycles. The van der Waals surface area contributed by atoms with Crippen molar-refractivity contribution < 1.29 is 4.79 Å². The predicted octanol–water partition coefficient (Wildman–Crippen LogP) is 3.42. The van der Waals surface area contributed by atoms with Gasteiger partial charge >= 0.3 is 0 Å². The van der Waals surface area contributed by atoms with Crippen LogP contribution >= 0.6 is 0 Å². The minimum Gasteiger partial charge on any atom is -0.378 e. The van der Waals surface area contributed by atoms with Gasteiger partial charge in [-0.05, 0) is 37.1 Å². The number of amides is 1. The van der Waals surface area contributed by atoms with Crippen LogP contribution in [0.2, 0.25) is 0 Å². The third-order valence-electron chi connectivity index (χ3n) is 4.93. The largest absolute Gasteiger partial charge is 0.378 e. The molecule has 30 heavy (non-hydrogen) atoms. The maximum atomic E-state index is 12.9. The second kappa shape index (κ2) is 9.35. The van der Waals surface area contributed by atoms with Crippen LogP contribution in [0.3, 0.4) is 0 Å². The van der Waals surface area contributed by atoms with Gasteiger partial charge < -0.3 is 4.90 Å². The van der Waals surface area contributed by atoms with Gasteiger partial charge in [-0.3, -0.25) is 9.59 Å². The minimum atomic E-state index is -0.444. The number of aryl methyl sites for hydroxylation is 1. The van der Waals surface area contributed by atoms with Crippen molar-refractivity contribution in [3.63, 3.8) is 0 Å². The molecule has 0 aliphatic heterocycles. The summed E-state index contributed by atoms with van der Waals surface area (Å²) in [6.07, 6.45) is 1.74. The molecule has 7 heteroatoms. The van der Waals surface area contributed by atoms with E-state index < -0.39 is 5.91 Å². The lowest BCUT2D eigenvalue weighted by Crippen LogP contribution is -2.29. The molecule has 0 radical (unpaired) electrons. The number of rotatable bonds is 7. The van der Waals surface area contributed by atoms with Crippen molar-refractivity contribution in [3.8, 4) is 0 Å².